The number of hydrogen-bond acceptors (Lipinski definition) is 2. The minimum Gasteiger partial charge on any atom is -0.460 e. The molecule has 3 saturated carbocycles. The normalized spacial score (nSPS) is 41.2. The molecule has 2 nitrogen and oxygen atoms in total. The van der Waals surface area contributed by atoms with Crippen LogP contribution in [0.4, 0.5) is 0 Å². The Morgan fingerprint density at radius 2 is 1.82 bits per heavy atom. The Bertz CT molecular complexity index is 746. The molecule has 0 radical (unpaired) electrons. The summed E-state index contributed by atoms with van der Waals surface area (Å²) < 4.78 is 5.61. The van der Waals surface area contributed by atoms with Crippen molar-refractivity contribution >= 4 is 29.2 Å². The molecule has 0 aromatic carbocycles. The summed E-state index contributed by atoms with van der Waals surface area (Å²) in [7, 11) is 0. The second-order valence-electron chi connectivity index (χ2n) is 12.9. The molecule has 0 aliphatic heterocycles. The maximum atomic E-state index is 11.9. The van der Waals surface area contributed by atoms with Crippen LogP contribution in [0.1, 0.15) is 105 Å². The van der Waals surface area contributed by atoms with Gasteiger partial charge in [-0.25, -0.2) is 4.79 Å². The molecule has 0 aromatic rings. The zero-order valence-electron chi connectivity index (χ0n) is 21.5. The molecule has 4 heteroatoms. The van der Waals surface area contributed by atoms with Crippen molar-refractivity contribution in [3.8, 4) is 0 Å². The lowest BCUT2D eigenvalue weighted by molar-refractivity contribution is -0.149. The van der Waals surface area contributed by atoms with Crippen molar-refractivity contribution in [2.75, 3.05) is 0 Å². The van der Waals surface area contributed by atoms with Crippen LogP contribution in [0.25, 0.3) is 0 Å². The van der Waals surface area contributed by atoms with E-state index in [0.29, 0.717) is 5.41 Å². The van der Waals surface area contributed by atoms with Gasteiger partial charge >= 0.3 is 5.97 Å². The fourth-order valence-electron chi connectivity index (χ4n) is 8.97. The highest BCUT2D eigenvalue weighted by Crippen LogP contribution is 2.67. The predicted octanol–water partition coefficient (Wildman–Crippen LogP) is 8.74. The van der Waals surface area contributed by atoms with E-state index in [2.05, 4.69) is 40.7 Å². The van der Waals surface area contributed by atoms with E-state index in [0.717, 1.165) is 54.8 Å². The lowest BCUT2D eigenvalue weighted by Gasteiger charge is -2.58. The third-order valence-electron chi connectivity index (χ3n) is 10.7. The van der Waals surface area contributed by atoms with Crippen LogP contribution in [0.3, 0.4) is 0 Å². The first-order valence-electron chi connectivity index (χ1n) is 13.7. The van der Waals surface area contributed by atoms with Gasteiger partial charge in [-0.05, 0) is 91.3 Å². The first kappa shape index (κ1) is 25.9. The lowest BCUT2D eigenvalue weighted by atomic mass is 9.47. The Hall–Kier alpha value is -0.210. The molecule has 0 heterocycles. The largest absolute Gasteiger partial charge is 0.460 e. The number of fused-ring (bicyclic) bond motifs is 5. The van der Waals surface area contributed by atoms with E-state index in [1.165, 1.54) is 56.9 Å². The van der Waals surface area contributed by atoms with E-state index in [4.69, 9.17) is 27.9 Å². The second kappa shape index (κ2) is 10.0. The summed E-state index contributed by atoms with van der Waals surface area (Å²) in [6, 6.07) is 0. The van der Waals surface area contributed by atoms with Crippen LogP contribution in [0, 0.1) is 46.3 Å². The molecule has 0 spiro atoms. The standard InChI is InChI=1S/C29H46Cl2O2/c1-18(2)7-6-8-19(3)23-11-12-24-22-10-9-20-17-21(33-27(32)26(30)31)13-15-28(20,4)25(22)14-16-29(23,24)5/h9,18-19,21-26H,6-8,10-17H2,1-5H3/t19-,21-,22+,23-,24+,25+,28-,29+/m0/s1. The second-order valence-corrected chi connectivity index (χ2v) is 14.0. The van der Waals surface area contributed by atoms with E-state index in [1.54, 1.807) is 0 Å². The van der Waals surface area contributed by atoms with Crippen LogP contribution in [0.15, 0.2) is 11.6 Å². The molecular weight excluding hydrogens is 451 g/mol. The Balaban J connectivity index is 1.45. The molecular formula is C29H46Cl2O2. The predicted molar refractivity (Wildman–Crippen MR) is 138 cm³/mol. The van der Waals surface area contributed by atoms with Crippen molar-refractivity contribution in [1.29, 1.82) is 0 Å². The number of carbonyl (C=O) groups is 1. The average molecular weight is 498 g/mol. The van der Waals surface area contributed by atoms with Gasteiger partial charge in [0.2, 0.25) is 4.84 Å². The number of carbonyl (C=O) groups excluding carboxylic acids is 1. The summed E-state index contributed by atoms with van der Waals surface area (Å²) in [5.74, 6) is 4.60. The zero-order valence-corrected chi connectivity index (χ0v) is 23.1. The van der Waals surface area contributed by atoms with Crippen molar-refractivity contribution in [2.45, 2.75) is 116 Å². The third-order valence-corrected chi connectivity index (χ3v) is 11.1. The fraction of sp³-hybridized carbons (Fsp3) is 0.897. The van der Waals surface area contributed by atoms with E-state index in [9.17, 15) is 4.79 Å². The Morgan fingerprint density at radius 1 is 1.06 bits per heavy atom. The van der Waals surface area contributed by atoms with Crippen LogP contribution in [0.2, 0.25) is 0 Å². The van der Waals surface area contributed by atoms with Crippen LogP contribution in [-0.4, -0.2) is 16.9 Å². The van der Waals surface area contributed by atoms with Gasteiger partial charge in [0.25, 0.3) is 0 Å². The van der Waals surface area contributed by atoms with Gasteiger partial charge in [-0.1, -0.05) is 88.7 Å². The van der Waals surface area contributed by atoms with Gasteiger partial charge in [0, 0.05) is 6.42 Å². The summed E-state index contributed by atoms with van der Waals surface area (Å²) >= 11 is 11.4. The van der Waals surface area contributed by atoms with Gasteiger partial charge < -0.3 is 4.74 Å². The molecule has 4 rings (SSSR count). The molecule has 4 aliphatic carbocycles. The lowest BCUT2D eigenvalue weighted by Crippen LogP contribution is -2.51. The minimum absolute atomic E-state index is 0.0650. The van der Waals surface area contributed by atoms with Gasteiger partial charge in [-0.2, -0.15) is 0 Å². The number of rotatable bonds is 7. The molecule has 3 fully saturated rings. The van der Waals surface area contributed by atoms with E-state index in [-0.39, 0.29) is 11.5 Å². The van der Waals surface area contributed by atoms with Crippen molar-refractivity contribution in [2.24, 2.45) is 46.3 Å². The highest BCUT2D eigenvalue weighted by Gasteiger charge is 2.59. The molecule has 8 atom stereocenters. The number of allylic oxidation sites excluding steroid dienone is 1. The smallest absolute Gasteiger partial charge is 0.339 e. The molecule has 33 heavy (non-hydrogen) atoms. The van der Waals surface area contributed by atoms with Crippen molar-refractivity contribution in [3.05, 3.63) is 11.6 Å². The summed E-state index contributed by atoms with van der Waals surface area (Å²) in [4.78, 5) is 10.8. The third kappa shape index (κ3) is 4.91. The first-order chi connectivity index (χ1) is 15.6. The summed E-state index contributed by atoms with van der Waals surface area (Å²) in [5.41, 5.74) is 2.34. The monoisotopic (exact) mass is 496 g/mol. The van der Waals surface area contributed by atoms with Crippen molar-refractivity contribution < 1.29 is 9.53 Å². The van der Waals surface area contributed by atoms with Crippen molar-refractivity contribution in [3.63, 3.8) is 0 Å². The Kier molecular flexibility index (Phi) is 7.87. The van der Waals surface area contributed by atoms with Gasteiger partial charge in [0.05, 0.1) is 0 Å². The number of alkyl halides is 2. The summed E-state index contributed by atoms with van der Waals surface area (Å²) in [6.07, 6.45) is 16.4. The quantitative estimate of drug-likeness (QED) is 0.200. The molecule has 0 unspecified atom stereocenters. The maximum Gasteiger partial charge on any atom is 0.339 e. The number of ether oxygens (including phenoxy) is 1. The molecule has 0 aromatic heterocycles. The topological polar surface area (TPSA) is 26.3 Å². The molecule has 0 N–H and O–H groups in total. The van der Waals surface area contributed by atoms with Crippen LogP contribution < -0.4 is 0 Å². The van der Waals surface area contributed by atoms with Gasteiger partial charge in [0.1, 0.15) is 6.10 Å². The maximum absolute atomic E-state index is 11.9. The van der Waals surface area contributed by atoms with Gasteiger partial charge in [0.15, 0.2) is 0 Å². The first-order valence-corrected chi connectivity index (χ1v) is 14.6. The molecule has 0 bridgehead atoms. The van der Waals surface area contributed by atoms with E-state index < -0.39 is 10.8 Å². The van der Waals surface area contributed by atoms with Crippen LogP contribution >= 0.6 is 23.2 Å². The number of hydrogen-bond donors (Lipinski definition) is 0. The highest BCUT2D eigenvalue weighted by atomic mass is 35.5. The van der Waals surface area contributed by atoms with Crippen LogP contribution in [-0.2, 0) is 9.53 Å². The molecule has 0 amide bonds. The highest BCUT2D eigenvalue weighted by molar-refractivity contribution is 6.52. The van der Waals surface area contributed by atoms with Crippen LogP contribution in [0.5, 0.6) is 0 Å². The van der Waals surface area contributed by atoms with E-state index >= 15 is 0 Å². The average Bonchev–Trinajstić information content (AvgIpc) is 3.11. The summed E-state index contributed by atoms with van der Waals surface area (Å²) in [5, 5.41) is 0. The molecule has 4 aliphatic rings. The summed E-state index contributed by atoms with van der Waals surface area (Å²) in [6.45, 7) is 12.4. The Labute approximate surface area is 212 Å². The van der Waals surface area contributed by atoms with Gasteiger partial charge in [-0.15, -0.1) is 0 Å². The SMILES string of the molecule is CC(C)CCC[C@H](C)[C@@H]1CC[C@@H]2[C@H]3CC=C4C[C@@H](OC(=O)C(Cl)Cl)CC[C@]4(C)[C@@H]3CC[C@@]21C. The van der Waals surface area contributed by atoms with Gasteiger partial charge in [-0.3, -0.25) is 0 Å². The number of esters is 1. The number of halogens is 2. The minimum atomic E-state index is -1.08. The zero-order chi connectivity index (χ0) is 24.0. The van der Waals surface area contributed by atoms with E-state index in [1.807, 2.05) is 0 Å². The molecule has 188 valence electrons. The fourth-order valence-corrected chi connectivity index (χ4v) is 9.07. The molecule has 0 saturated heterocycles. The van der Waals surface area contributed by atoms with Crippen molar-refractivity contribution in [1.82, 2.24) is 0 Å². The Morgan fingerprint density at radius 3 is 2.52 bits per heavy atom.